The Labute approximate surface area is 126 Å². The Balaban J connectivity index is 1.74. The third-order valence-electron chi connectivity index (χ3n) is 4.14. The van der Waals surface area contributed by atoms with Gasteiger partial charge in [0, 0.05) is 43.9 Å². The van der Waals surface area contributed by atoms with Crippen LogP contribution in [0.4, 0.5) is 13.2 Å². The van der Waals surface area contributed by atoms with E-state index in [9.17, 15) is 18.0 Å². The molecular formula is C14H19F3N4O. The van der Waals surface area contributed by atoms with Gasteiger partial charge in [0.2, 0.25) is 0 Å². The van der Waals surface area contributed by atoms with Crippen LogP contribution in [-0.2, 0) is 13.0 Å². The number of nitrogens with one attached hydrogen (secondary N) is 2. The number of amides is 1. The summed E-state index contributed by atoms with van der Waals surface area (Å²) in [6.07, 6.45) is -2.52. The number of aromatic amines is 1. The molecule has 0 aromatic carbocycles. The highest BCUT2D eigenvalue weighted by Crippen LogP contribution is 2.31. The van der Waals surface area contributed by atoms with Gasteiger partial charge in [0.05, 0.1) is 6.42 Å². The van der Waals surface area contributed by atoms with E-state index in [2.05, 4.69) is 15.5 Å². The van der Waals surface area contributed by atoms with E-state index in [4.69, 9.17) is 0 Å². The molecule has 1 saturated carbocycles. The SMILES string of the molecule is O=C(c1n[nH]c2c1CNCC2)N(CCC(F)(F)F)CC1CC1. The molecule has 1 aliphatic heterocycles. The van der Waals surface area contributed by atoms with Crippen LogP contribution in [-0.4, -0.2) is 46.8 Å². The Kier molecular flexibility index (Phi) is 4.12. The second-order valence-electron chi connectivity index (χ2n) is 6.02. The summed E-state index contributed by atoms with van der Waals surface area (Å²) < 4.78 is 37.4. The summed E-state index contributed by atoms with van der Waals surface area (Å²) in [5.41, 5.74) is 1.97. The molecule has 1 aliphatic carbocycles. The number of hydrogen-bond donors (Lipinski definition) is 2. The number of aromatic nitrogens is 2. The maximum atomic E-state index is 12.6. The van der Waals surface area contributed by atoms with Crippen LogP contribution in [0.5, 0.6) is 0 Å². The number of carbonyl (C=O) groups is 1. The van der Waals surface area contributed by atoms with Crippen molar-refractivity contribution in [3.8, 4) is 0 Å². The maximum Gasteiger partial charge on any atom is 0.390 e. The second-order valence-corrected chi connectivity index (χ2v) is 6.02. The van der Waals surface area contributed by atoms with E-state index < -0.39 is 18.5 Å². The van der Waals surface area contributed by atoms with Gasteiger partial charge in [-0.3, -0.25) is 9.89 Å². The van der Waals surface area contributed by atoms with Crippen molar-refractivity contribution in [3.05, 3.63) is 17.0 Å². The van der Waals surface area contributed by atoms with Crippen LogP contribution < -0.4 is 5.32 Å². The van der Waals surface area contributed by atoms with Crippen LogP contribution in [0.3, 0.4) is 0 Å². The Morgan fingerprint density at radius 2 is 2.14 bits per heavy atom. The minimum atomic E-state index is -4.26. The number of rotatable bonds is 5. The molecule has 1 amide bonds. The lowest BCUT2D eigenvalue weighted by Crippen LogP contribution is -2.37. The molecular weight excluding hydrogens is 297 g/mol. The molecule has 1 aromatic rings. The van der Waals surface area contributed by atoms with E-state index in [0.29, 0.717) is 19.0 Å². The molecule has 5 nitrogen and oxygen atoms in total. The first kappa shape index (κ1) is 15.3. The topological polar surface area (TPSA) is 61.0 Å². The lowest BCUT2D eigenvalue weighted by atomic mass is 10.1. The van der Waals surface area contributed by atoms with Crippen LogP contribution >= 0.6 is 0 Å². The highest BCUT2D eigenvalue weighted by atomic mass is 19.4. The van der Waals surface area contributed by atoms with E-state index in [1.54, 1.807) is 0 Å². The lowest BCUT2D eigenvalue weighted by molar-refractivity contribution is -0.136. The largest absolute Gasteiger partial charge is 0.390 e. The van der Waals surface area contributed by atoms with Crippen molar-refractivity contribution in [2.45, 2.75) is 38.4 Å². The molecule has 2 aliphatic rings. The molecule has 8 heteroatoms. The van der Waals surface area contributed by atoms with Gasteiger partial charge in [-0.1, -0.05) is 0 Å². The van der Waals surface area contributed by atoms with Crippen molar-refractivity contribution in [1.29, 1.82) is 0 Å². The maximum absolute atomic E-state index is 12.6. The minimum Gasteiger partial charge on any atom is -0.337 e. The Morgan fingerprint density at radius 1 is 1.36 bits per heavy atom. The fourth-order valence-corrected chi connectivity index (χ4v) is 2.70. The van der Waals surface area contributed by atoms with Crippen molar-refractivity contribution < 1.29 is 18.0 Å². The highest BCUT2D eigenvalue weighted by Gasteiger charge is 2.34. The zero-order chi connectivity index (χ0) is 15.7. The lowest BCUT2D eigenvalue weighted by Gasteiger charge is -2.23. The fraction of sp³-hybridized carbons (Fsp3) is 0.714. The van der Waals surface area contributed by atoms with Gasteiger partial charge in [-0.15, -0.1) is 0 Å². The number of alkyl halides is 3. The molecule has 22 heavy (non-hydrogen) atoms. The van der Waals surface area contributed by atoms with Crippen molar-refractivity contribution in [1.82, 2.24) is 20.4 Å². The molecule has 0 radical (unpaired) electrons. The summed E-state index contributed by atoms with van der Waals surface area (Å²) in [6, 6.07) is 0. The third-order valence-corrected chi connectivity index (χ3v) is 4.14. The van der Waals surface area contributed by atoms with E-state index in [-0.39, 0.29) is 12.2 Å². The molecule has 2 N–H and O–H groups in total. The molecule has 0 atom stereocenters. The van der Waals surface area contributed by atoms with Gasteiger partial charge in [-0.25, -0.2) is 0 Å². The smallest absolute Gasteiger partial charge is 0.337 e. The molecule has 0 unspecified atom stereocenters. The van der Waals surface area contributed by atoms with Crippen LogP contribution in [0.1, 0.15) is 41.0 Å². The molecule has 1 fully saturated rings. The summed E-state index contributed by atoms with van der Waals surface area (Å²) in [7, 11) is 0. The summed E-state index contributed by atoms with van der Waals surface area (Å²) in [5, 5.41) is 10.1. The Bertz CT molecular complexity index is 551. The average molecular weight is 316 g/mol. The number of carbonyl (C=O) groups excluding carboxylic acids is 1. The van der Waals surface area contributed by atoms with Crippen molar-refractivity contribution in [2.75, 3.05) is 19.6 Å². The Morgan fingerprint density at radius 3 is 2.82 bits per heavy atom. The van der Waals surface area contributed by atoms with Gasteiger partial charge < -0.3 is 10.2 Å². The van der Waals surface area contributed by atoms with Crippen LogP contribution in [0, 0.1) is 5.92 Å². The van der Waals surface area contributed by atoms with E-state index in [0.717, 1.165) is 37.1 Å². The molecule has 2 heterocycles. The number of H-pyrrole nitrogens is 1. The predicted molar refractivity (Wildman–Crippen MR) is 73.3 cm³/mol. The first-order valence-corrected chi connectivity index (χ1v) is 7.57. The summed E-state index contributed by atoms with van der Waals surface area (Å²) in [4.78, 5) is 13.9. The van der Waals surface area contributed by atoms with Gasteiger partial charge >= 0.3 is 6.18 Å². The normalized spacial score (nSPS) is 18.1. The zero-order valence-electron chi connectivity index (χ0n) is 12.2. The molecule has 0 bridgehead atoms. The third kappa shape index (κ3) is 3.60. The van der Waals surface area contributed by atoms with Crippen molar-refractivity contribution in [3.63, 3.8) is 0 Å². The molecule has 0 spiro atoms. The van der Waals surface area contributed by atoms with Crippen LogP contribution in [0.2, 0.25) is 0 Å². The zero-order valence-corrected chi connectivity index (χ0v) is 12.2. The van der Waals surface area contributed by atoms with Gasteiger partial charge in [0.25, 0.3) is 5.91 Å². The van der Waals surface area contributed by atoms with Crippen LogP contribution in [0.15, 0.2) is 0 Å². The number of nitrogens with zero attached hydrogens (tertiary/aromatic N) is 2. The molecule has 122 valence electrons. The number of halogens is 3. The second kappa shape index (κ2) is 5.91. The van der Waals surface area contributed by atoms with Crippen molar-refractivity contribution >= 4 is 5.91 Å². The minimum absolute atomic E-state index is 0.269. The summed E-state index contributed by atoms with van der Waals surface area (Å²) >= 11 is 0. The first-order valence-electron chi connectivity index (χ1n) is 7.57. The summed E-state index contributed by atoms with van der Waals surface area (Å²) in [6.45, 7) is 1.43. The van der Waals surface area contributed by atoms with Gasteiger partial charge in [-0.2, -0.15) is 18.3 Å². The highest BCUT2D eigenvalue weighted by molar-refractivity contribution is 5.94. The summed E-state index contributed by atoms with van der Waals surface area (Å²) in [5.74, 6) is -0.0533. The standard InChI is InChI=1S/C14H19F3N4O/c15-14(16,17)4-6-21(8-9-1-2-9)13(22)12-10-7-18-5-3-11(10)19-20-12/h9,18H,1-8H2,(H,19,20). The first-order chi connectivity index (χ1) is 10.4. The molecule has 3 rings (SSSR count). The van der Waals surface area contributed by atoms with E-state index >= 15 is 0 Å². The molecule has 1 aromatic heterocycles. The monoisotopic (exact) mass is 316 g/mol. The fourth-order valence-electron chi connectivity index (χ4n) is 2.70. The van der Waals surface area contributed by atoms with E-state index in [1.807, 2.05) is 0 Å². The van der Waals surface area contributed by atoms with Gasteiger partial charge in [-0.05, 0) is 18.8 Å². The predicted octanol–water partition coefficient (Wildman–Crippen LogP) is 1.86. The van der Waals surface area contributed by atoms with E-state index in [1.165, 1.54) is 4.90 Å². The molecule has 0 saturated heterocycles. The van der Waals surface area contributed by atoms with Gasteiger partial charge in [0.15, 0.2) is 5.69 Å². The Hall–Kier alpha value is -1.57. The average Bonchev–Trinajstić information content (AvgIpc) is 3.18. The quantitative estimate of drug-likeness (QED) is 0.872. The van der Waals surface area contributed by atoms with Crippen LogP contribution in [0.25, 0.3) is 0 Å². The number of fused-ring (bicyclic) bond motifs is 1. The van der Waals surface area contributed by atoms with Crippen molar-refractivity contribution in [2.24, 2.45) is 5.92 Å². The van der Waals surface area contributed by atoms with Gasteiger partial charge in [0.1, 0.15) is 0 Å². The number of hydrogen-bond acceptors (Lipinski definition) is 3.